The van der Waals surface area contributed by atoms with Crippen molar-refractivity contribution in [3.8, 4) is 0 Å². The van der Waals surface area contributed by atoms with E-state index in [0.29, 0.717) is 19.3 Å². The molecule has 82 valence electrons. The maximum atomic E-state index is 11.5. The summed E-state index contributed by atoms with van der Waals surface area (Å²) in [6.07, 6.45) is 2.04. The maximum absolute atomic E-state index is 11.5. The van der Waals surface area contributed by atoms with Gasteiger partial charge in [-0.2, -0.15) is 0 Å². The van der Waals surface area contributed by atoms with Gasteiger partial charge in [-0.05, 0) is 31.6 Å². The summed E-state index contributed by atoms with van der Waals surface area (Å²) in [6, 6.07) is 0. The van der Waals surface area contributed by atoms with Crippen LogP contribution in [-0.4, -0.2) is 23.8 Å². The van der Waals surface area contributed by atoms with Crippen molar-refractivity contribution in [3.63, 3.8) is 0 Å². The zero-order chi connectivity index (χ0) is 11.0. The van der Waals surface area contributed by atoms with Gasteiger partial charge in [0.05, 0.1) is 18.6 Å². The van der Waals surface area contributed by atoms with Crippen LogP contribution in [0.2, 0.25) is 0 Å². The highest BCUT2D eigenvalue weighted by Gasteiger charge is 2.45. The van der Waals surface area contributed by atoms with Crippen LogP contribution in [0.1, 0.15) is 40.0 Å². The number of hydrogen-bond acceptors (Lipinski definition) is 3. The van der Waals surface area contributed by atoms with Gasteiger partial charge in [0.15, 0.2) is 0 Å². The van der Waals surface area contributed by atoms with Gasteiger partial charge in [0.25, 0.3) is 0 Å². The molecule has 14 heavy (non-hydrogen) atoms. The molecule has 0 heterocycles. The minimum atomic E-state index is -0.631. The highest BCUT2D eigenvalue weighted by atomic mass is 16.5. The summed E-state index contributed by atoms with van der Waals surface area (Å²) >= 11 is 0. The fourth-order valence-corrected chi connectivity index (χ4v) is 2.62. The van der Waals surface area contributed by atoms with Crippen molar-refractivity contribution in [2.24, 2.45) is 11.3 Å². The van der Waals surface area contributed by atoms with Crippen LogP contribution in [0.3, 0.4) is 0 Å². The summed E-state index contributed by atoms with van der Waals surface area (Å²) in [5.74, 6) is -0.224. The van der Waals surface area contributed by atoms with Gasteiger partial charge in [0.1, 0.15) is 0 Å². The Bertz CT molecular complexity index is 231. The summed E-state index contributed by atoms with van der Waals surface area (Å²) in [7, 11) is 1.42. The first kappa shape index (κ1) is 11.5. The van der Waals surface area contributed by atoms with Crippen LogP contribution in [0.15, 0.2) is 0 Å². The Kier molecular flexibility index (Phi) is 2.91. The Morgan fingerprint density at radius 2 is 2.00 bits per heavy atom. The van der Waals surface area contributed by atoms with E-state index in [-0.39, 0.29) is 17.3 Å². The van der Waals surface area contributed by atoms with Crippen molar-refractivity contribution in [1.82, 2.24) is 0 Å². The lowest BCUT2D eigenvalue weighted by molar-refractivity contribution is -0.156. The topological polar surface area (TPSA) is 46.5 Å². The molecule has 0 aromatic heterocycles. The lowest BCUT2D eigenvalue weighted by Crippen LogP contribution is -2.44. The van der Waals surface area contributed by atoms with Crippen LogP contribution in [0.5, 0.6) is 0 Å². The van der Waals surface area contributed by atoms with Gasteiger partial charge in [0.2, 0.25) is 0 Å². The molecule has 0 aromatic rings. The molecule has 1 N–H and O–H groups in total. The molecule has 3 heteroatoms. The van der Waals surface area contributed by atoms with E-state index >= 15 is 0 Å². The smallest absolute Gasteiger partial charge is 0.309 e. The largest absolute Gasteiger partial charge is 0.469 e. The third-order valence-corrected chi connectivity index (χ3v) is 3.24. The lowest BCUT2D eigenvalue weighted by Gasteiger charge is -2.43. The van der Waals surface area contributed by atoms with Crippen molar-refractivity contribution in [1.29, 1.82) is 0 Å². The molecular formula is C11H20O3. The number of esters is 1. The molecule has 2 atom stereocenters. The number of hydrogen-bond donors (Lipinski definition) is 1. The summed E-state index contributed by atoms with van der Waals surface area (Å²) in [6.45, 7) is 5.87. The van der Waals surface area contributed by atoms with Crippen LogP contribution in [0.4, 0.5) is 0 Å². The van der Waals surface area contributed by atoms with Crippen LogP contribution in [0, 0.1) is 11.3 Å². The monoisotopic (exact) mass is 200 g/mol. The number of carbonyl (C=O) groups is 1. The highest BCUT2D eigenvalue weighted by molar-refractivity contribution is 5.73. The zero-order valence-corrected chi connectivity index (χ0v) is 9.46. The van der Waals surface area contributed by atoms with E-state index in [1.165, 1.54) is 7.11 Å². The molecule has 3 nitrogen and oxygen atoms in total. The third-order valence-electron chi connectivity index (χ3n) is 3.24. The average Bonchev–Trinajstić information content (AvgIpc) is 1.99. The average molecular weight is 200 g/mol. The zero-order valence-electron chi connectivity index (χ0n) is 9.46. The van der Waals surface area contributed by atoms with Gasteiger partial charge in [0, 0.05) is 0 Å². The van der Waals surface area contributed by atoms with Crippen molar-refractivity contribution in [2.45, 2.75) is 45.6 Å². The molecule has 1 fully saturated rings. The Morgan fingerprint density at radius 3 is 2.43 bits per heavy atom. The minimum absolute atomic E-state index is 0.0762. The summed E-state index contributed by atoms with van der Waals surface area (Å²) < 4.78 is 4.77. The SMILES string of the molecule is COC(=O)C1CCC(C)(O)CC1(C)C. The second kappa shape index (κ2) is 3.54. The predicted octanol–water partition coefficient (Wildman–Crippen LogP) is 1.74. The van der Waals surface area contributed by atoms with Crippen LogP contribution >= 0.6 is 0 Å². The van der Waals surface area contributed by atoms with E-state index in [1.807, 2.05) is 20.8 Å². The van der Waals surface area contributed by atoms with Gasteiger partial charge in [-0.15, -0.1) is 0 Å². The number of aliphatic hydroxyl groups is 1. The molecular weight excluding hydrogens is 180 g/mol. The van der Waals surface area contributed by atoms with Gasteiger partial charge >= 0.3 is 5.97 Å². The molecule has 0 spiro atoms. The first-order valence-electron chi connectivity index (χ1n) is 5.09. The van der Waals surface area contributed by atoms with E-state index in [9.17, 15) is 9.90 Å². The molecule has 0 bridgehead atoms. The second-order valence-corrected chi connectivity index (χ2v) is 5.28. The molecule has 0 amide bonds. The Morgan fingerprint density at radius 1 is 1.43 bits per heavy atom. The quantitative estimate of drug-likeness (QED) is 0.656. The number of rotatable bonds is 1. The van der Waals surface area contributed by atoms with E-state index in [4.69, 9.17) is 4.74 Å². The Balaban J connectivity index is 2.78. The van der Waals surface area contributed by atoms with E-state index in [2.05, 4.69) is 0 Å². The standard InChI is InChI=1S/C11H20O3/c1-10(2)7-11(3,13)6-5-8(10)9(12)14-4/h8,13H,5-7H2,1-4H3. The molecule has 0 radical (unpaired) electrons. The number of ether oxygens (including phenoxy) is 1. The van der Waals surface area contributed by atoms with Crippen LogP contribution in [-0.2, 0) is 9.53 Å². The lowest BCUT2D eigenvalue weighted by atomic mass is 9.64. The predicted molar refractivity (Wildman–Crippen MR) is 53.8 cm³/mol. The molecule has 0 saturated heterocycles. The number of methoxy groups -OCH3 is 1. The van der Waals surface area contributed by atoms with E-state index in [1.54, 1.807) is 0 Å². The van der Waals surface area contributed by atoms with Crippen molar-refractivity contribution in [3.05, 3.63) is 0 Å². The first-order chi connectivity index (χ1) is 6.28. The van der Waals surface area contributed by atoms with Crippen molar-refractivity contribution >= 4 is 5.97 Å². The first-order valence-corrected chi connectivity index (χ1v) is 5.09. The molecule has 0 aliphatic heterocycles. The van der Waals surface area contributed by atoms with Gasteiger partial charge < -0.3 is 9.84 Å². The molecule has 1 aliphatic rings. The normalized spacial score (nSPS) is 36.5. The van der Waals surface area contributed by atoms with Crippen LogP contribution in [0.25, 0.3) is 0 Å². The summed E-state index contributed by atoms with van der Waals surface area (Å²) in [4.78, 5) is 11.5. The maximum Gasteiger partial charge on any atom is 0.309 e. The fraction of sp³-hybridized carbons (Fsp3) is 0.909. The third kappa shape index (κ3) is 2.27. The number of carbonyl (C=O) groups excluding carboxylic acids is 1. The van der Waals surface area contributed by atoms with Crippen LogP contribution < -0.4 is 0 Å². The minimum Gasteiger partial charge on any atom is -0.469 e. The van der Waals surface area contributed by atoms with Gasteiger partial charge in [-0.3, -0.25) is 4.79 Å². The Hall–Kier alpha value is -0.570. The summed E-state index contributed by atoms with van der Waals surface area (Å²) in [5.41, 5.74) is -0.803. The van der Waals surface area contributed by atoms with Crippen molar-refractivity contribution in [2.75, 3.05) is 7.11 Å². The van der Waals surface area contributed by atoms with Gasteiger partial charge in [-0.1, -0.05) is 13.8 Å². The highest BCUT2D eigenvalue weighted by Crippen LogP contribution is 2.45. The summed E-state index contributed by atoms with van der Waals surface area (Å²) in [5, 5.41) is 9.93. The molecule has 0 aromatic carbocycles. The molecule has 1 saturated carbocycles. The van der Waals surface area contributed by atoms with Gasteiger partial charge in [-0.25, -0.2) is 0 Å². The van der Waals surface area contributed by atoms with E-state index in [0.717, 1.165) is 0 Å². The second-order valence-electron chi connectivity index (χ2n) is 5.28. The molecule has 2 unspecified atom stereocenters. The Labute approximate surface area is 85.5 Å². The van der Waals surface area contributed by atoms with E-state index < -0.39 is 5.60 Å². The molecule has 1 rings (SSSR count). The molecule has 1 aliphatic carbocycles. The van der Waals surface area contributed by atoms with Crippen molar-refractivity contribution < 1.29 is 14.6 Å². The fourth-order valence-electron chi connectivity index (χ4n) is 2.62.